The van der Waals surface area contributed by atoms with Gasteiger partial charge in [-0.05, 0) is 36.8 Å². The Bertz CT molecular complexity index is 1450. The van der Waals surface area contributed by atoms with Crippen molar-refractivity contribution in [3.63, 3.8) is 0 Å². The number of fused-ring (bicyclic) bond motifs is 2. The van der Waals surface area contributed by atoms with Crippen LogP contribution in [0.15, 0.2) is 80.9 Å². The highest BCUT2D eigenvalue weighted by atomic mass is 32.3. The lowest BCUT2D eigenvalue weighted by molar-refractivity contribution is 0.477. The topological polar surface area (TPSA) is 120 Å². The van der Waals surface area contributed by atoms with Crippen LogP contribution in [-0.2, 0) is 6.54 Å². The summed E-state index contributed by atoms with van der Waals surface area (Å²) >= 11 is 0. The summed E-state index contributed by atoms with van der Waals surface area (Å²) in [6.45, 7) is 2.20. The number of para-hydroxylation sites is 1. The van der Waals surface area contributed by atoms with Crippen LogP contribution in [0.25, 0.3) is 11.0 Å². The lowest BCUT2D eigenvalue weighted by Crippen LogP contribution is -2.32. The smallest absolute Gasteiger partial charge is 0.267 e. The number of aryl methyl sites for hydroxylation is 1. The molecule has 0 unspecified atom stereocenters. The molecule has 0 aliphatic carbocycles. The third-order valence-corrected chi connectivity index (χ3v) is 6.73. The monoisotopic (exact) mass is 448 g/mol. The van der Waals surface area contributed by atoms with Crippen molar-refractivity contribution in [3.8, 4) is 5.75 Å². The number of benzene rings is 2. The van der Waals surface area contributed by atoms with Crippen molar-refractivity contribution in [1.29, 1.82) is 0 Å². The molecule has 1 aliphatic rings. The molecule has 4 aromatic rings. The fourth-order valence-electron chi connectivity index (χ4n) is 3.74. The van der Waals surface area contributed by atoms with Gasteiger partial charge in [-0.2, -0.15) is 0 Å². The number of hydrogen-bond donors (Lipinski definition) is 4. The summed E-state index contributed by atoms with van der Waals surface area (Å²) in [5, 5.41) is 14.3. The van der Waals surface area contributed by atoms with Crippen LogP contribution in [-0.4, -0.2) is 29.6 Å². The highest BCUT2D eigenvalue weighted by Gasteiger charge is 2.30. The first kappa shape index (κ1) is 20.3. The third-order valence-electron chi connectivity index (χ3n) is 5.35. The van der Waals surface area contributed by atoms with Crippen LogP contribution in [0.3, 0.4) is 0 Å². The van der Waals surface area contributed by atoms with Crippen LogP contribution >= 0.6 is 10.8 Å². The first-order valence-electron chi connectivity index (χ1n) is 9.86. The Labute approximate surface area is 185 Å². The highest BCUT2D eigenvalue weighted by Crippen LogP contribution is 2.55. The number of nitrogens with zero attached hydrogens (tertiary/aromatic N) is 3. The molecule has 5 rings (SSSR count). The van der Waals surface area contributed by atoms with Gasteiger partial charge in [-0.1, -0.05) is 52.7 Å². The highest BCUT2D eigenvalue weighted by molar-refractivity contribution is 8.23. The fourth-order valence-corrected chi connectivity index (χ4v) is 4.91. The molecule has 2 aromatic carbocycles. The molecule has 0 saturated carbocycles. The summed E-state index contributed by atoms with van der Waals surface area (Å²) in [4.78, 5) is 18.1. The summed E-state index contributed by atoms with van der Waals surface area (Å²) in [6.07, 6.45) is 1.55. The second kappa shape index (κ2) is 7.49. The molecular weight excluding hydrogens is 428 g/mol. The van der Waals surface area contributed by atoms with Gasteiger partial charge in [0.05, 0.1) is 17.6 Å². The van der Waals surface area contributed by atoms with Gasteiger partial charge in [0.2, 0.25) is 0 Å². The Morgan fingerprint density at radius 2 is 1.78 bits per heavy atom. The average Bonchev–Trinajstić information content (AvgIpc) is 2.78. The van der Waals surface area contributed by atoms with Crippen LogP contribution in [0.1, 0.15) is 16.7 Å². The average molecular weight is 449 g/mol. The van der Waals surface area contributed by atoms with E-state index in [1.165, 1.54) is 4.57 Å². The van der Waals surface area contributed by atoms with Gasteiger partial charge in [0, 0.05) is 6.20 Å². The van der Waals surface area contributed by atoms with Crippen LogP contribution in [0.4, 0.5) is 5.69 Å². The maximum atomic E-state index is 13.6. The predicted molar refractivity (Wildman–Crippen MR) is 126 cm³/mol. The number of nitrogens with one attached hydrogen (secondary N) is 1. The van der Waals surface area contributed by atoms with E-state index in [1.807, 2.05) is 31.2 Å². The van der Waals surface area contributed by atoms with E-state index in [2.05, 4.69) is 14.7 Å². The van der Waals surface area contributed by atoms with E-state index in [9.17, 15) is 19.0 Å². The van der Waals surface area contributed by atoms with E-state index < -0.39 is 16.3 Å². The minimum absolute atomic E-state index is 0.102. The minimum Gasteiger partial charge on any atom is -0.506 e. The summed E-state index contributed by atoms with van der Waals surface area (Å²) < 4.78 is 26.7. The maximum absolute atomic E-state index is 13.6. The van der Waals surface area contributed by atoms with Crippen molar-refractivity contribution in [2.45, 2.75) is 18.4 Å². The molecule has 3 heterocycles. The zero-order valence-corrected chi connectivity index (χ0v) is 17.9. The Morgan fingerprint density at radius 3 is 2.56 bits per heavy atom. The van der Waals surface area contributed by atoms with Crippen LogP contribution in [0, 0.1) is 6.92 Å². The predicted octanol–water partition coefficient (Wildman–Crippen LogP) is 4.36. The molecule has 1 aliphatic heterocycles. The Kier molecular flexibility index (Phi) is 4.74. The van der Waals surface area contributed by atoms with Gasteiger partial charge in [-0.25, -0.2) is 4.98 Å². The van der Waals surface area contributed by atoms with Gasteiger partial charge >= 0.3 is 0 Å². The molecule has 162 valence electrons. The molecule has 0 amide bonds. The van der Waals surface area contributed by atoms with Gasteiger partial charge in [-0.3, -0.25) is 18.5 Å². The van der Waals surface area contributed by atoms with Crippen molar-refractivity contribution >= 4 is 33.3 Å². The molecule has 0 bridgehead atoms. The maximum Gasteiger partial charge on any atom is 0.267 e. The van der Waals surface area contributed by atoms with Crippen LogP contribution in [0.5, 0.6) is 5.75 Å². The first-order valence-corrected chi connectivity index (χ1v) is 11.4. The zero-order valence-electron chi connectivity index (χ0n) is 17.1. The number of aromatic hydroxyl groups is 1. The van der Waals surface area contributed by atoms with Gasteiger partial charge in [-0.15, -0.1) is 4.40 Å². The minimum atomic E-state index is -3.55. The molecule has 0 radical (unpaired) electrons. The van der Waals surface area contributed by atoms with Crippen molar-refractivity contribution in [2.75, 3.05) is 5.32 Å². The molecule has 2 aromatic heterocycles. The SMILES string of the molecule is Cc1ccc(Cn2c(=O)c(C3=NS(O)(O)c4ccccc4N3)c(O)c3cccnc32)cc1. The molecule has 8 nitrogen and oxygen atoms in total. The summed E-state index contributed by atoms with van der Waals surface area (Å²) in [5.41, 5.74) is 2.02. The van der Waals surface area contributed by atoms with E-state index in [1.54, 1.807) is 42.6 Å². The molecule has 0 spiro atoms. The van der Waals surface area contributed by atoms with Gasteiger partial charge < -0.3 is 10.4 Å². The molecule has 0 fully saturated rings. The van der Waals surface area contributed by atoms with E-state index in [0.717, 1.165) is 11.1 Å². The Hall–Kier alpha value is -3.66. The summed E-state index contributed by atoms with van der Waals surface area (Å²) in [6, 6.07) is 17.7. The molecule has 0 atom stereocenters. The lowest BCUT2D eigenvalue weighted by atomic mass is 10.1. The second-order valence-corrected chi connectivity index (χ2v) is 9.21. The largest absolute Gasteiger partial charge is 0.506 e. The molecular formula is C23H20N4O4S. The van der Waals surface area contributed by atoms with Crippen molar-refractivity contribution < 1.29 is 14.2 Å². The third kappa shape index (κ3) is 3.32. The Morgan fingerprint density at radius 1 is 1.03 bits per heavy atom. The van der Waals surface area contributed by atoms with E-state index >= 15 is 0 Å². The zero-order chi connectivity index (χ0) is 22.5. The summed E-state index contributed by atoms with van der Waals surface area (Å²) in [5.74, 6) is -0.423. The molecule has 9 heteroatoms. The van der Waals surface area contributed by atoms with E-state index in [4.69, 9.17) is 0 Å². The number of pyridine rings is 2. The quantitative estimate of drug-likeness (QED) is 0.370. The number of aromatic nitrogens is 2. The van der Waals surface area contributed by atoms with Crippen molar-refractivity contribution in [2.24, 2.45) is 4.40 Å². The second-order valence-electron chi connectivity index (χ2n) is 7.55. The van der Waals surface area contributed by atoms with E-state index in [0.29, 0.717) is 16.7 Å². The number of amidine groups is 1. The van der Waals surface area contributed by atoms with Gasteiger partial charge in [0.25, 0.3) is 5.56 Å². The summed E-state index contributed by atoms with van der Waals surface area (Å²) in [7, 11) is -3.55. The lowest BCUT2D eigenvalue weighted by Gasteiger charge is -2.34. The number of rotatable bonds is 3. The number of hydrogen-bond acceptors (Lipinski definition) is 7. The standard InChI is InChI=1S/C23H20N4O4S/c1-14-8-10-15(11-9-14)13-27-22-16(5-4-12-24-22)20(28)19(23(27)29)21-25-17-6-2-3-7-18(17)32(30,31)26-21/h2-12,28,30-31H,13H2,1H3,(H,25,26). The fraction of sp³-hybridized carbons (Fsp3) is 0.0870. The Balaban J connectivity index is 1.73. The van der Waals surface area contributed by atoms with Crippen molar-refractivity contribution in [1.82, 2.24) is 9.55 Å². The number of anilines is 1. The van der Waals surface area contributed by atoms with Gasteiger partial charge in [0.15, 0.2) is 5.84 Å². The van der Waals surface area contributed by atoms with E-state index in [-0.39, 0.29) is 28.6 Å². The molecule has 0 saturated heterocycles. The normalized spacial score (nSPS) is 15.5. The molecule has 32 heavy (non-hydrogen) atoms. The van der Waals surface area contributed by atoms with Gasteiger partial charge in [0.1, 0.15) is 21.9 Å². The van der Waals surface area contributed by atoms with Crippen LogP contribution in [0.2, 0.25) is 0 Å². The molecule has 4 N–H and O–H groups in total. The first-order chi connectivity index (χ1) is 15.3. The van der Waals surface area contributed by atoms with Crippen molar-refractivity contribution in [3.05, 3.63) is 93.9 Å². The van der Waals surface area contributed by atoms with Crippen LogP contribution < -0.4 is 10.9 Å².